The van der Waals surface area contributed by atoms with E-state index >= 15 is 0 Å². The van der Waals surface area contributed by atoms with Crippen LogP contribution in [-0.4, -0.2) is 36.7 Å². The Bertz CT molecular complexity index is 1050. The van der Waals surface area contributed by atoms with Crippen LogP contribution >= 0.6 is 0 Å². The van der Waals surface area contributed by atoms with E-state index in [-0.39, 0.29) is 0 Å². The minimum atomic E-state index is 0.533. The molecule has 3 aromatic rings. The number of rotatable bonds is 7. The predicted molar refractivity (Wildman–Crippen MR) is 127 cm³/mol. The Labute approximate surface area is 184 Å². The molecule has 162 valence electrons. The third-order valence-electron chi connectivity index (χ3n) is 6.59. The number of aromatic nitrogens is 2. The lowest BCUT2D eigenvalue weighted by atomic mass is 9.88. The highest BCUT2D eigenvalue weighted by Gasteiger charge is 2.30. The van der Waals surface area contributed by atoms with Gasteiger partial charge in [0.2, 0.25) is 0 Å². The third kappa shape index (κ3) is 4.18. The molecule has 0 bridgehead atoms. The summed E-state index contributed by atoms with van der Waals surface area (Å²) in [5.41, 5.74) is 3.56. The zero-order valence-electron chi connectivity index (χ0n) is 18.6. The molecular weight excluding hydrogens is 384 g/mol. The van der Waals surface area contributed by atoms with Gasteiger partial charge in [0.1, 0.15) is 17.4 Å². The maximum atomic E-state index is 5.62. The van der Waals surface area contributed by atoms with Crippen molar-refractivity contribution in [3.05, 3.63) is 53.9 Å². The van der Waals surface area contributed by atoms with Gasteiger partial charge < -0.3 is 15.0 Å². The van der Waals surface area contributed by atoms with Crippen LogP contribution < -0.4 is 15.0 Å². The van der Waals surface area contributed by atoms with Crippen LogP contribution in [0.25, 0.3) is 10.9 Å². The van der Waals surface area contributed by atoms with Crippen LogP contribution in [0.3, 0.4) is 0 Å². The van der Waals surface area contributed by atoms with Crippen molar-refractivity contribution in [1.29, 1.82) is 0 Å². The number of nitrogens with zero attached hydrogens (tertiary/aromatic N) is 3. The van der Waals surface area contributed by atoms with Crippen molar-refractivity contribution >= 4 is 22.4 Å². The second-order valence-corrected chi connectivity index (χ2v) is 8.84. The van der Waals surface area contributed by atoms with E-state index in [1.807, 2.05) is 6.07 Å². The topological polar surface area (TPSA) is 50.3 Å². The van der Waals surface area contributed by atoms with E-state index in [2.05, 4.69) is 53.5 Å². The maximum absolute atomic E-state index is 5.62. The largest absolute Gasteiger partial charge is 0.496 e. The van der Waals surface area contributed by atoms with E-state index in [0.29, 0.717) is 11.8 Å². The normalized spacial score (nSPS) is 17.2. The molecule has 1 aliphatic heterocycles. The highest BCUT2D eigenvalue weighted by molar-refractivity contribution is 5.92. The minimum Gasteiger partial charge on any atom is -0.496 e. The van der Waals surface area contributed by atoms with Crippen molar-refractivity contribution in [2.45, 2.75) is 50.9 Å². The van der Waals surface area contributed by atoms with Gasteiger partial charge in [-0.1, -0.05) is 25.1 Å². The van der Waals surface area contributed by atoms with Crippen molar-refractivity contribution in [2.75, 3.05) is 37.0 Å². The monoisotopic (exact) mass is 416 g/mol. The Morgan fingerprint density at radius 3 is 2.55 bits per heavy atom. The van der Waals surface area contributed by atoms with Crippen LogP contribution in [0.15, 0.2) is 42.5 Å². The molecule has 5 heteroatoms. The first kappa shape index (κ1) is 20.1. The summed E-state index contributed by atoms with van der Waals surface area (Å²) in [6.45, 7) is 5.18. The molecule has 1 aromatic heterocycles. The van der Waals surface area contributed by atoms with E-state index in [4.69, 9.17) is 14.7 Å². The fourth-order valence-electron chi connectivity index (χ4n) is 4.68. The van der Waals surface area contributed by atoms with E-state index in [1.54, 1.807) is 7.11 Å². The first-order chi connectivity index (χ1) is 15.3. The minimum absolute atomic E-state index is 0.533. The summed E-state index contributed by atoms with van der Waals surface area (Å²) in [7, 11) is 1.77. The third-order valence-corrected chi connectivity index (χ3v) is 6.59. The van der Waals surface area contributed by atoms with E-state index in [0.717, 1.165) is 67.5 Å². The van der Waals surface area contributed by atoms with Crippen molar-refractivity contribution in [1.82, 2.24) is 9.97 Å². The molecule has 0 atom stereocenters. The molecule has 0 unspecified atom stereocenters. The number of hydrogen-bond acceptors (Lipinski definition) is 5. The first-order valence-corrected chi connectivity index (χ1v) is 11.7. The number of benzene rings is 2. The second-order valence-electron chi connectivity index (χ2n) is 8.84. The molecule has 5 rings (SSSR count). The van der Waals surface area contributed by atoms with Crippen molar-refractivity contribution in [3.8, 4) is 5.75 Å². The van der Waals surface area contributed by atoms with E-state index in [9.17, 15) is 0 Å². The summed E-state index contributed by atoms with van der Waals surface area (Å²) in [6, 6.07) is 15.0. The number of methoxy groups -OCH3 is 1. The molecule has 5 nitrogen and oxygen atoms in total. The fraction of sp³-hybridized carbons (Fsp3) is 0.462. The lowest BCUT2D eigenvalue weighted by Gasteiger charge is -2.34. The van der Waals surface area contributed by atoms with Gasteiger partial charge in [0.05, 0.1) is 12.6 Å². The molecule has 2 aliphatic rings. The van der Waals surface area contributed by atoms with Crippen LogP contribution in [0.2, 0.25) is 0 Å². The van der Waals surface area contributed by atoms with Crippen LogP contribution in [0.5, 0.6) is 5.75 Å². The SMILES string of the molecule is CCCNc1ccc2nc(C3CC3)nc(N3CCC(c4ccccc4OC)CC3)c2c1. The van der Waals surface area contributed by atoms with Gasteiger partial charge in [-0.15, -0.1) is 0 Å². The Balaban J connectivity index is 1.43. The van der Waals surface area contributed by atoms with Gasteiger partial charge >= 0.3 is 0 Å². The molecular formula is C26H32N4O. The number of fused-ring (bicyclic) bond motifs is 1. The molecule has 1 N–H and O–H groups in total. The number of hydrogen-bond donors (Lipinski definition) is 1. The standard InChI is InChI=1S/C26H32N4O/c1-3-14-27-20-10-11-23-22(17-20)26(29-25(28-23)19-8-9-19)30-15-12-18(13-16-30)21-6-4-5-7-24(21)31-2/h4-7,10-11,17-19,27H,3,8-9,12-16H2,1-2H3. The molecule has 2 heterocycles. The van der Waals surface area contributed by atoms with Crippen LogP contribution in [0.1, 0.15) is 62.3 Å². The summed E-state index contributed by atoms with van der Waals surface area (Å²) in [5.74, 6) is 4.24. The molecule has 2 aromatic carbocycles. The molecule has 31 heavy (non-hydrogen) atoms. The van der Waals surface area contributed by atoms with Crippen LogP contribution in [0.4, 0.5) is 11.5 Å². The zero-order chi connectivity index (χ0) is 21.2. The maximum Gasteiger partial charge on any atom is 0.140 e. The summed E-state index contributed by atoms with van der Waals surface area (Å²) in [6.07, 6.45) is 5.77. The summed E-state index contributed by atoms with van der Waals surface area (Å²) < 4.78 is 5.62. The fourth-order valence-corrected chi connectivity index (χ4v) is 4.68. The van der Waals surface area contributed by atoms with Crippen molar-refractivity contribution in [3.63, 3.8) is 0 Å². The number of anilines is 2. The smallest absolute Gasteiger partial charge is 0.140 e. The molecule has 0 spiro atoms. The summed E-state index contributed by atoms with van der Waals surface area (Å²) in [4.78, 5) is 12.5. The average molecular weight is 417 g/mol. The van der Waals surface area contributed by atoms with Gasteiger partial charge in [-0.3, -0.25) is 0 Å². The Kier molecular flexibility index (Phi) is 5.66. The first-order valence-electron chi connectivity index (χ1n) is 11.7. The number of piperidine rings is 1. The molecule has 1 saturated heterocycles. The van der Waals surface area contributed by atoms with Gasteiger partial charge in [0, 0.05) is 36.6 Å². The molecule has 2 fully saturated rings. The number of nitrogens with one attached hydrogen (secondary N) is 1. The summed E-state index contributed by atoms with van der Waals surface area (Å²) in [5, 5.41) is 4.69. The van der Waals surface area contributed by atoms with Gasteiger partial charge in [0.25, 0.3) is 0 Å². The Hall–Kier alpha value is -2.82. The lowest BCUT2D eigenvalue weighted by Crippen LogP contribution is -2.34. The summed E-state index contributed by atoms with van der Waals surface area (Å²) >= 11 is 0. The molecule has 0 radical (unpaired) electrons. The van der Waals surface area contributed by atoms with Gasteiger partial charge in [-0.05, 0) is 67.9 Å². The number of ether oxygens (including phenoxy) is 1. The van der Waals surface area contributed by atoms with Crippen LogP contribution in [-0.2, 0) is 0 Å². The lowest BCUT2D eigenvalue weighted by molar-refractivity contribution is 0.397. The molecule has 1 aliphatic carbocycles. The predicted octanol–water partition coefficient (Wildman–Crippen LogP) is 5.72. The van der Waals surface area contributed by atoms with Gasteiger partial charge in [-0.25, -0.2) is 9.97 Å². The second kappa shape index (κ2) is 8.74. The quantitative estimate of drug-likeness (QED) is 0.534. The average Bonchev–Trinajstić information content (AvgIpc) is 3.68. The Morgan fingerprint density at radius 1 is 1.00 bits per heavy atom. The Morgan fingerprint density at radius 2 is 1.81 bits per heavy atom. The van der Waals surface area contributed by atoms with Crippen LogP contribution in [0, 0.1) is 0 Å². The van der Waals surface area contributed by atoms with Crippen molar-refractivity contribution in [2.24, 2.45) is 0 Å². The molecule has 1 saturated carbocycles. The van der Waals surface area contributed by atoms with E-state index < -0.39 is 0 Å². The van der Waals surface area contributed by atoms with Gasteiger partial charge in [-0.2, -0.15) is 0 Å². The van der Waals surface area contributed by atoms with E-state index in [1.165, 1.54) is 23.8 Å². The van der Waals surface area contributed by atoms with Crippen molar-refractivity contribution < 1.29 is 4.74 Å². The zero-order valence-corrected chi connectivity index (χ0v) is 18.6. The van der Waals surface area contributed by atoms with Gasteiger partial charge in [0.15, 0.2) is 0 Å². The highest BCUT2D eigenvalue weighted by atomic mass is 16.5. The highest BCUT2D eigenvalue weighted by Crippen LogP contribution is 2.41. The molecule has 0 amide bonds. The number of para-hydroxylation sites is 1.